The number of halogens is 2. The minimum atomic E-state index is -3.85. The second-order valence-electron chi connectivity index (χ2n) is 6.98. The Hall–Kier alpha value is -0.860. The fourth-order valence-corrected chi connectivity index (χ4v) is 4.83. The SMILES string of the molecule is CC(C)CNS(=O)(=O)c1cc(C(=O)N2C[C@@H](C)O[C@@H](C)C2)c(Cl)cc1Cl. The average molecular weight is 423 g/mol. The second kappa shape index (κ2) is 8.44. The largest absolute Gasteiger partial charge is 0.372 e. The number of nitrogens with zero attached hydrogens (tertiary/aromatic N) is 1. The van der Waals surface area contributed by atoms with Crippen molar-refractivity contribution in [1.82, 2.24) is 9.62 Å². The Morgan fingerprint density at radius 1 is 1.23 bits per heavy atom. The first-order chi connectivity index (χ1) is 12.0. The van der Waals surface area contributed by atoms with Gasteiger partial charge in [0, 0.05) is 19.6 Å². The van der Waals surface area contributed by atoms with Crippen LogP contribution in [0.5, 0.6) is 0 Å². The van der Waals surface area contributed by atoms with Crippen LogP contribution < -0.4 is 4.72 Å². The molecule has 6 nitrogen and oxygen atoms in total. The number of carbonyl (C=O) groups excluding carboxylic acids is 1. The number of hydrogen-bond acceptors (Lipinski definition) is 4. The van der Waals surface area contributed by atoms with Crippen molar-refractivity contribution < 1.29 is 17.9 Å². The molecule has 1 aliphatic heterocycles. The van der Waals surface area contributed by atoms with Gasteiger partial charge in [0.1, 0.15) is 4.90 Å². The molecule has 1 amide bonds. The zero-order valence-electron chi connectivity index (χ0n) is 15.3. The molecule has 0 aliphatic carbocycles. The summed E-state index contributed by atoms with van der Waals surface area (Å²) >= 11 is 12.3. The number of hydrogen-bond donors (Lipinski definition) is 1. The van der Waals surface area contributed by atoms with Gasteiger partial charge >= 0.3 is 0 Å². The van der Waals surface area contributed by atoms with Gasteiger partial charge in [-0.15, -0.1) is 0 Å². The number of sulfonamides is 1. The van der Waals surface area contributed by atoms with E-state index in [0.717, 1.165) is 0 Å². The summed E-state index contributed by atoms with van der Waals surface area (Å²) in [6.07, 6.45) is -0.214. The summed E-state index contributed by atoms with van der Waals surface area (Å²) in [4.78, 5) is 14.4. The summed E-state index contributed by atoms with van der Waals surface area (Å²) < 4.78 is 33.2. The van der Waals surface area contributed by atoms with Gasteiger partial charge in [0.15, 0.2) is 0 Å². The number of amides is 1. The van der Waals surface area contributed by atoms with Crippen LogP contribution in [-0.2, 0) is 14.8 Å². The number of carbonyl (C=O) groups is 1. The number of morpholine rings is 1. The Morgan fingerprint density at radius 3 is 2.35 bits per heavy atom. The molecule has 0 radical (unpaired) electrons. The van der Waals surface area contributed by atoms with Gasteiger partial charge in [0.25, 0.3) is 5.91 Å². The van der Waals surface area contributed by atoms with Gasteiger partial charge in [0.2, 0.25) is 10.0 Å². The van der Waals surface area contributed by atoms with Crippen LogP contribution in [0.3, 0.4) is 0 Å². The van der Waals surface area contributed by atoms with Gasteiger partial charge in [-0.3, -0.25) is 4.79 Å². The van der Waals surface area contributed by atoms with Crippen molar-refractivity contribution in [2.24, 2.45) is 5.92 Å². The first kappa shape index (κ1) is 21.4. The molecule has 1 fully saturated rings. The van der Waals surface area contributed by atoms with E-state index in [1.807, 2.05) is 27.7 Å². The third-order valence-electron chi connectivity index (χ3n) is 3.93. The minimum absolute atomic E-state index is 0.0217. The van der Waals surface area contributed by atoms with E-state index in [-0.39, 0.29) is 51.1 Å². The van der Waals surface area contributed by atoms with Crippen LogP contribution >= 0.6 is 23.2 Å². The molecule has 26 heavy (non-hydrogen) atoms. The molecule has 1 saturated heterocycles. The van der Waals surface area contributed by atoms with E-state index in [2.05, 4.69) is 4.72 Å². The standard InChI is InChI=1S/C17H24Cl2N2O4S/c1-10(2)7-20-26(23,24)16-5-13(14(18)6-15(16)19)17(22)21-8-11(3)25-12(4)9-21/h5-6,10-12,20H,7-9H2,1-4H3/t11-,12+. The molecular weight excluding hydrogens is 399 g/mol. The van der Waals surface area contributed by atoms with Crippen molar-refractivity contribution in [3.63, 3.8) is 0 Å². The number of ether oxygens (including phenoxy) is 1. The normalized spacial score (nSPS) is 21.3. The van der Waals surface area contributed by atoms with E-state index in [4.69, 9.17) is 27.9 Å². The Bertz CT molecular complexity index is 773. The molecule has 1 N–H and O–H groups in total. The molecule has 1 aromatic rings. The highest BCUT2D eigenvalue weighted by Crippen LogP contribution is 2.30. The maximum absolute atomic E-state index is 12.9. The maximum atomic E-state index is 12.9. The Balaban J connectivity index is 2.36. The lowest BCUT2D eigenvalue weighted by molar-refractivity contribution is -0.0586. The molecule has 0 saturated carbocycles. The monoisotopic (exact) mass is 422 g/mol. The lowest BCUT2D eigenvalue weighted by Crippen LogP contribution is -2.48. The third-order valence-corrected chi connectivity index (χ3v) is 6.13. The third kappa shape index (κ3) is 5.10. The Kier molecular flexibility index (Phi) is 6.96. The number of benzene rings is 1. The van der Waals surface area contributed by atoms with Crippen molar-refractivity contribution in [2.75, 3.05) is 19.6 Å². The minimum Gasteiger partial charge on any atom is -0.372 e. The second-order valence-corrected chi connectivity index (χ2v) is 9.53. The van der Waals surface area contributed by atoms with Gasteiger partial charge < -0.3 is 9.64 Å². The van der Waals surface area contributed by atoms with Crippen LogP contribution in [0.2, 0.25) is 10.0 Å². The average Bonchev–Trinajstić information content (AvgIpc) is 2.51. The van der Waals surface area contributed by atoms with E-state index in [9.17, 15) is 13.2 Å². The van der Waals surface area contributed by atoms with Crippen LogP contribution in [0.25, 0.3) is 0 Å². The highest BCUT2D eigenvalue weighted by molar-refractivity contribution is 7.89. The summed E-state index contributed by atoms with van der Waals surface area (Å²) in [7, 11) is -3.85. The van der Waals surface area contributed by atoms with Gasteiger partial charge in [-0.05, 0) is 31.9 Å². The molecule has 0 bridgehead atoms. The van der Waals surface area contributed by atoms with Crippen molar-refractivity contribution >= 4 is 39.1 Å². The Labute approximate surface area is 164 Å². The molecule has 1 heterocycles. The summed E-state index contributed by atoms with van der Waals surface area (Å²) in [5.41, 5.74) is 0.113. The molecule has 0 aromatic heterocycles. The Morgan fingerprint density at radius 2 is 1.81 bits per heavy atom. The summed E-state index contributed by atoms with van der Waals surface area (Å²) in [5, 5.41) is 0.0983. The van der Waals surface area contributed by atoms with Gasteiger partial charge in [-0.2, -0.15) is 0 Å². The highest BCUT2D eigenvalue weighted by Gasteiger charge is 2.29. The summed E-state index contributed by atoms with van der Waals surface area (Å²) in [5.74, 6) is -0.206. The van der Waals surface area contributed by atoms with Crippen LogP contribution in [0.15, 0.2) is 17.0 Å². The molecule has 0 unspecified atom stereocenters. The van der Waals surface area contributed by atoms with E-state index in [1.54, 1.807) is 4.90 Å². The first-order valence-corrected chi connectivity index (χ1v) is 10.7. The van der Waals surface area contributed by atoms with Gasteiger partial charge in [0.05, 0.1) is 27.8 Å². The van der Waals surface area contributed by atoms with Crippen LogP contribution in [0, 0.1) is 5.92 Å². The molecule has 146 valence electrons. The zero-order valence-corrected chi connectivity index (χ0v) is 17.6. The van der Waals surface area contributed by atoms with Crippen molar-refractivity contribution in [1.29, 1.82) is 0 Å². The zero-order chi connectivity index (χ0) is 19.6. The molecule has 1 aliphatic rings. The van der Waals surface area contributed by atoms with Crippen LogP contribution in [0.1, 0.15) is 38.1 Å². The molecule has 9 heteroatoms. The predicted octanol–water partition coefficient (Wildman–Crippen LogP) is 3.18. The number of rotatable bonds is 5. The molecule has 1 aromatic carbocycles. The van der Waals surface area contributed by atoms with Crippen molar-refractivity contribution in [3.05, 3.63) is 27.7 Å². The van der Waals surface area contributed by atoms with Crippen molar-refractivity contribution in [2.45, 2.75) is 44.8 Å². The highest BCUT2D eigenvalue weighted by atomic mass is 35.5. The van der Waals surface area contributed by atoms with E-state index >= 15 is 0 Å². The summed E-state index contributed by atoms with van der Waals surface area (Å²) in [6.45, 7) is 8.63. The maximum Gasteiger partial charge on any atom is 0.255 e. The molecule has 0 spiro atoms. The van der Waals surface area contributed by atoms with Gasteiger partial charge in [-0.25, -0.2) is 13.1 Å². The topological polar surface area (TPSA) is 75.7 Å². The molecular formula is C17H24Cl2N2O4S. The quantitative estimate of drug-likeness (QED) is 0.790. The fourth-order valence-electron chi connectivity index (χ4n) is 2.77. The first-order valence-electron chi connectivity index (χ1n) is 8.44. The predicted molar refractivity (Wildman–Crippen MR) is 102 cm³/mol. The van der Waals surface area contributed by atoms with E-state index < -0.39 is 10.0 Å². The lowest BCUT2D eigenvalue weighted by Gasteiger charge is -2.35. The smallest absolute Gasteiger partial charge is 0.255 e. The lowest BCUT2D eigenvalue weighted by atomic mass is 10.1. The summed E-state index contributed by atoms with van der Waals surface area (Å²) in [6, 6.07) is 2.55. The van der Waals surface area contributed by atoms with Crippen LogP contribution in [0.4, 0.5) is 0 Å². The van der Waals surface area contributed by atoms with E-state index in [1.165, 1.54) is 12.1 Å². The number of nitrogens with one attached hydrogen (secondary N) is 1. The van der Waals surface area contributed by atoms with E-state index in [0.29, 0.717) is 13.1 Å². The fraction of sp³-hybridized carbons (Fsp3) is 0.588. The van der Waals surface area contributed by atoms with Gasteiger partial charge in [-0.1, -0.05) is 37.0 Å². The van der Waals surface area contributed by atoms with Crippen LogP contribution in [-0.4, -0.2) is 51.1 Å². The molecule has 2 rings (SSSR count). The van der Waals surface area contributed by atoms with Crippen molar-refractivity contribution in [3.8, 4) is 0 Å². The molecule has 2 atom stereocenters.